The lowest BCUT2D eigenvalue weighted by molar-refractivity contribution is 0.370. The van der Waals surface area contributed by atoms with Crippen LogP contribution >= 0.6 is 0 Å². The molecule has 0 saturated carbocycles. The van der Waals surface area contributed by atoms with Gasteiger partial charge >= 0.3 is 0 Å². The summed E-state index contributed by atoms with van der Waals surface area (Å²) in [5.74, 6) is 0. The van der Waals surface area contributed by atoms with Gasteiger partial charge in [-0.3, -0.25) is 0 Å². The Balaban J connectivity index is 0.000000112. The Hall–Kier alpha value is -0.600. The fourth-order valence-electron chi connectivity index (χ4n) is 0.423. The van der Waals surface area contributed by atoms with Gasteiger partial charge in [0.2, 0.25) is 0 Å². The minimum absolute atomic E-state index is 0.0556. The fourth-order valence-corrected chi connectivity index (χ4v) is 0.423. The summed E-state index contributed by atoms with van der Waals surface area (Å²) >= 11 is 0. The molecule has 0 N–H and O–H groups in total. The Kier molecular flexibility index (Phi) is 2.47. The van der Waals surface area contributed by atoms with Gasteiger partial charge in [0.15, 0.2) is 0 Å². The summed E-state index contributed by atoms with van der Waals surface area (Å²) in [4.78, 5) is 0. The molecular formula is C9H14O2. The van der Waals surface area contributed by atoms with Crippen molar-refractivity contribution in [2.75, 3.05) is 13.2 Å². The van der Waals surface area contributed by atoms with Crippen molar-refractivity contribution in [3.8, 4) is 0 Å². The van der Waals surface area contributed by atoms with E-state index >= 15 is 0 Å². The van der Waals surface area contributed by atoms with Crippen LogP contribution in [0.5, 0.6) is 0 Å². The maximum atomic E-state index is 4.93. The largest absolute Gasteiger partial charge is 0.369 e. The zero-order chi connectivity index (χ0) is 8.32. The minimum Gasteiger partial charge on any atom is -0.369 e. The van der Waals surface area contributed by atoms with E-state index in [1.165, 1.54) is 0 Å². The van der Waals surface area contributed by atoms with Gasteiger partial charge in [-0.1, -0.05) is 12.2 Å². The predicted octanol–water partition coefficient (Wildman–Crippen LogP) is 1.53. The Labute approximate surface area is 67.5 Å². The van der Waals surface area contributed by atoms with E-state index in [1.54, 1.807) is 6.08 Å². The van der Waals surface area contributed by atoms with E-state index < -0.39 is 0 Å². The van der Waals surface area contributed by atoms with E-state index in [0.29, 0.717) is 6.10 Å². The Morgan fingerprint density at radius 3 is 2.09 bits per heavy atom. The number of epoxide rings is 2. The van der Waals surface area contributed by atoms with E-state index in [4.69, 9.17) is 9.47 Å². The molecule has 2 saturated heterocycles. The average Bonchev–Trinajstić information content (AvgIpc) is 2.83. The van der Waals surface area contributed by atoms with Gasteiger partial charge in [-0.2, -0.15) is 0 Å². The highest BCUT2D eigenvalue weighted by Crippen LogP contribution is 2.25. The summed E-state index contributed by atoms with van der Waals surface area (Å²) < 4.78 is 9.67. The molecule has 0 radical (unpaired) electrons. The number of rotatable bonds is 2. The van der Waals surface area contributed by atoms with Crippen molar-refractivity contribution in [2.45, 2.75) is 18.6 Å². The minimum atomic E-state index is 0.0556. The normalized spacial score (nSPS) is 38.1. The molecule has 0 spiro atoms. The van der Waals surface area contributed by atoms with Gasteiger partial charge < -0.3 is 9.47 Å². The van der Waals surface area contributed by atoms with Crippen molar-refractivity contribution in [3.05, 3.63) is 25.3 Å². The molecule has 2 aliphatic rings. The predicted molar refractivity (Wildman–Crippen MR) is 44.5 cm³/mol. The molecule has 0 aromatic rings. The van der Waals surface area contributed by atoms with Crippen LogP contribution in [0, 0.1) is 0 Å². The summed E-state index contributed by atoms with van der Waals surface area (Å²) in [5.41, 5.74) is 0.0556. The maximum absolute atomic E-state index is 4.93. The highest BCUT2D eigenvalue weighted by molar-refractivity contribution is 5.02. The summed E-state index contributed by atoms with van der Waals surface area (Å²) in [5, 5.41) is 0. The van der Waals surface area contributed by atoms with E-state index in [0.717, 1.165) is 13.2 Å². The standard InChI is InChI=1S/C5H8O.C4H6O/c1-3-5(2)4-6-5;1-2-4-3-5-4/h3H,1,4H2,2H3;2,4H,1,3H2. The molecule has 0 aromatic heterocycles. The fraction of sp³-hybridized carbons (Fsp3) is 0.556. The second-order valence-electron chi connectivity index (χ2n) is 2.91. The van der Waals surface area contributed by atoms with Gasteiger partial charge in [-0.05, 0) is 6.92 Å². The third-order valence-corrected chi connectivity index (χ3v) is 1.65. The second-order valence-corrected chi connectivity index (χ2v) is 2.91. The lowest BCUT2D eigenvalue weighted by Crippen LogP contribution is -1.94. The first-order chi connectivity index (χ1) is 5.20. The third-order valence-electron chi connectivity index (χ3n) is 1.65. The van der Waals surface area contributed by atoms with Crippen molar-refractivity contribution in [2.24, 2.45) is 0 Å². The summed E-state index contributed by atoms with van der Waals surface area (Å²) in [6.07, 6.45) is 4.03. The average molecular weight is 154 g/mol. The first-order valence-corrected chi connectivity index (χ1v) is 3.72. The van der Waals surface area contributed by atoms with Gasteiger partial charge in [-0.25, -0.2) is 0 Å². The van der Waals surface area contributed by atoms with E-state index in [9.17, 15) is 0 Å². The van der Waals surface area contributed by atoms with Crippen molar-refractivity contribution in [1.29, 1.82) is 0 Å². The van der Waals surface area contributed by atoms with Crippen LogP contribution in [-0.2, 0) is 9.47 Å². The molecule has 0 amide bonds. The number of ether oxygens (including phenoxy) is 2. The SMILES string of the molecule is C=CC1(C)CO1.C=CC1CO1. The number of hydrogen-bond donors (Lipinski definition) is 0. The first kappa shape index (κ1) is 8.50. The molecule has 0 aromatic carbocycles. The molecule has 2 atom stereocenters. The van der Waals surface area contributed by atoms with Crippen molar-refractivity contribution in [1.82, 2.24) is 0 Å². The summed E-state index contributed by atoms with van der Waals surface area (Å²) in [7, 11) is 0. The molecule has 2 aliphatic heterocycles. The second kappa shape index (κ2) is 3.20. The first-order valence-electron chi connectivity index (χ1n) is 3.72. The smallest absolute Gasteiger partial charge is 0.107 e. The molecular weight excluding hydrogens is 140 g/mol. The van der Waals surface area contributed by atoms with Crippen LogP contribution in [0.3, 0.4) is 0 Å². The quantitative estimate of drug-likeness (QED) is 0.445. The molecule has 2 nitrogen and oxygen atoms in total. The molecule has 0 bridgehead atoms. The van der Waals surface area contributed by atoms with E-state index in [1.807, 2.05) is 13.0 Å². The van der Waals surface area contributed by atoms with Gasteiger partial charge in [0.05, 0.1) is 19.3 Å². The number of hydrogen-bond acceptors (Lipinski definition) is 2. The lowest BCUT2D eigenvalue weighted by Gasteiger charge is -1.86. The van der Waals surface area contributed by atoms with Crippen LogP contribution in [0.15, 0.2) is 25.3 Å². The molecule has 2 heterocycles. The molecule has 62 valence electrons. The van der Waals surface area contributed by atoms with Gasteiger partial charge in [0, 0.05) is 0 Å². The molecule has 2 rings (SSSR count). The summed E-state index contributed by atoms with van der Waals surface area (Å²) in [6, 6.07) is 0. The molecule has 11 heavy (non-hydrogen) atoms. The zero-order valence-corrected chi connectivity index (χ0v) is 6.88. The van der Waals surface area contributed by atoms with Crippen LogP contribution in [0.25, 0.3) is 0 Å². The van der Waals surface area contributed by atoms with Gasteiger partial charge in [0.1, 0.15) is 5.60 Å². The van der Waals surface area contributed by atoms with Crippen molar-refractivity contribution < 1.29 is 9.47 Å². The van der Waals surface area contributed by atoms with Crippen LogP contribution in [0.4, 0.5) is 0 Å². The van der Waals surface area contributed by atoms with E-state index in [-0.39, 0.29) is 5.60 Å². The van der Waals surface area contributed by atoms with Crippen molar-refractivity contribution in [3.63, 3.8) is 0 Å². The summed E-state index contributed by atoms with van der Waals surface area (Å²) in [6.45, 7) is 10.8. The molecule has 2 heteroatoms. The monoisotopic (exact) mass is 154 g/mol. The van der Waals surface area contributed by atoms with E-state index in [2.05, 4.69) is 13.2 Å². The highest BCUT2D eigenvalue weighted by Gasteiger charge is 2.34. The lowest BCUT2D eigenvalue weighted by atomic mass is 10.2. The van der Waals surface area contributed by atoms with Crippen molar-refractivity contribution >= 4 is 0 Å². The Morgan fingerprint density at radius 1 is 1.55 bits per heavy atom. The topological polar surface area (TPSA) is 25.1 Å². The Morgan fingerprint density at radius 2 is 2.09 bits per heavy atom. The van der Waals surface area contributed by atoms with Gasteiger partial charge in [0.25, 0.3) is 0 Å². The molecule has 2 unspecified atom stereocenters. The zero-order valence-electron chi connectivity index (χ0n) is 6.88. The Bertz CT molecular complexity index is 155. The van der Waals surface area contributed by atoms with Crippen LogP contribution < -0.4 is 0 Å². The maximum Gasteiger partial charge on any atom is 0.107 e. The van der Waals surface area contributed by atoms with Crippen LogP contribution in [0.2, 0.25) is 0 Å². The third kappa shape index (κ3) is 3.35. The molecule has 0 aliphatic carbocycles. The van der Waals surface area contributed by atoms with Crippen LogP contribution in [0.1, 0.15) is 6.92 Å². The highest BCUT2D eigenvalue weighted by atomic mass is 16.6. The van der Waals surface area contributed by atoms with Crippen LogP contribution in [-0.4, -0.2) is 24.9 Å². The van der Waals surface area contributed by atoms with Gasteiger partial charge in [-0.15, -0.1) is 13.2 Å². The molecule has 2 fully saturated rings.